The summed E-state index contributed by atoms with van der Waals surface area (Å²) in [4.78, 5) is 15.9. The van der Waals surface area contributed by atoms with Crippen LogP contribution in [0.2, 0.25) is 0 Å². The monoisotopic (exact) mass is 254 g/mol. The van der Waals surface area contributed by atoms with E-state index < -0.39 is 0 Å². The number of nitrogens with zero attached hydrogens (tertiary/aromatic N) is 2. The number of ether oxygens (including phenoxy) is 2. The van der Waals surface area contributed by atoms with Crippen molar-refractivity contribution in [1.29, 1.82) is 0 Å². The van der Waals surface area contributed by atoms with Gasteiger partial charge in [0, 0.05) is 39.0 Å². The molecular formula is C13H22N2O3. The number of likely N-dealkylation sites (N-methyl/N-ethyl adjacent to an activating group) is 1. The third-order valence-electron chi connectivity index (χ3n) is 4.53. The van der Waals surface area contributed by atoms with E-state index in [1.54, 1.807) is 0 Å². The summed E-state index contributed by atoms with van der Waals surface area (Å²) < 4.78 is 11.5. The Kier molecular flexibility index (Phi) is 3.30. The van der Waals surface area contributed by atoms with Crippen LogP contribution in [0.4, 0.5) is 0 Å². The van der Waals surface area contributed by atoms with Gasteiger partial charge in [-0.1, -0.05) is 0 Å². The number of carbonyl (C=O) groups is 1. The van der Waals surface area contributed by atoms with Crippen LogP contribution in [0.1, 0.15) is 25.7 Å². The van der Waals surface area contributed by atoms with Crippen LogP contribution in [-0.2, 0) is 14.3 Å². The summed E-state index contributed by atoms with van der Waals surface area (Å²) in [6.07, 6.45) is 4.10. The van der Waals surface area contributed by atoms with E-state index in [0.717, 1.165) is 52.0 Å². The first-order valence-electron chi connectivity index (χ1n) is 6.94. The summed E-state index contributed by atoms with van der Waals surface area (Å²) in [5.41, 5.74) is 0. The molecule has 2 saturated heterocycles. The van der Waals surface area contributed by atoms with Crippen LogP contribution in [0.15, 0.2) is 0 Å². The normalized spacial score (nSPS) is 30.3. The highest BCUT2D eigenvalue weighted by atomic mass is 16.7. The third kappa shape index (κ3) is 2.27. The van der Waals surface area contributed by atoms with E-state index in [1.807, 2.05) is 11.9 Å². The van der Waals surface area contributed by atoms with Crippen molar-refractivity contribution in [2.75, 3.05) is 39.9 Å². The van der Waals surface area contributed by atoms with E-state index in [4.69, 9.17) is 9.47 Å². The molecule has 3 rings (SSSR count). The Morgan fingerprint density at radius 1 is 1.17 bits per heavy atom. The third-order valence-corrected chi connectivity index (χ3v) is 4.53. The molecule has 0 aromatic heterocycles. The SMILES string of the molecule is CN1CCN(C2CCC3(CC2)OCCO3)CC1=O. The number of carbonyl (C=O) groups excluding carboxylic acids is 1. The number of rotatable bonds is 1. The molecule has 18 heavy (non-hydrogen) atoms. The average molecular weight is 254 g/mol. The lowest BCUT2D eigenvalue weighted by atomic mass is 9.88. The maximum absolute atomic E-state index is 11.7. The molecule has 102 valence electrons. The molecule has 5 heteroatoms. The molecule has 1 aliphatic carbocycles. The van der Waals surface area contributed by atoms with Gasteiger partial charge in [-0.15, -0.1) is 0 Å². The minimum absolute atomic E-state index is 0.245. The number of piperazine rings is 1. The molecule has 2 aliphatic heterocycles. The second-order valence-electron chi connectivity index (χ2n) is 5.62. The summed E-state index contributed by atoms with van der Waals surface area (Å²) in [5.74, 6) is -0.0394. The minimum Gasteiger partial charge on any atom is -0.348 e. The second kappa shape index (κ2) is 4.79. The zero-order chi connectivity index (χ0) is 12.6. The summed E-state index contributed by atoms with van der Waals surface area (Å²) in [5, 5.41) is 0. The first-order valence-corrected chi connectivity index (χ1v) is 6.94. The Hall–Kier alpha value is -0.650. The Labute approximate surface area is 108 Å². The summed E-state index contributed by atoms with van der Waals surface area (Å²) >= 11 is 0. The van der Waals surface area contributed by atoms with Gasteiger partial charge in [-0.25, -0.2) is 0 Å². The Balaban J connectivity index is 1.55. The highest BCUT2D eigenvalue weighted by Crippen LogP contribution is 2.37. The summed E-state index contributed by atoms with van der Waals surface area (Å²) in [6.45, 7) is 3.90. The van der Waals surface area contributed by atoms with Crippen LogP contribution in [0.3, 0.4) is 0 Å². The van der Waals surface area contributed by atoms with E-state index in [9.17, 15) is 4.79 Å². The lowest BCUT2D eigenvalue weighted by Gasteiger charge is -2.42. The lowest BCUT2D eigenvalue weighted by molar-refractivity contribution is -0.184. The molecule has 0 unspecified atom stereocenters. The van der Waals surface area contributed by atoms with Crippen molar-refractivity contribution < 1.29 is 14.3 Å². The van der Waals surface area contributed by atoms with Gasteiger partial charge in [0.2, 0.25) is 5.91 Å². The molecule has 0 N–H and O–H groups in total. The molecule has 2 heterocycles. The standard InChI is InChI=1S/C13H22N2O3/c1-14-6-7-15(10-12(14)16)11-2-4-13(5-3-11)17-8-9-18-13/h11H,2-10H2,1H3. The Bertz CT molecular complexity index is 318. The largest absolute Gasteiger partial charge is 0.348 e. The zero-order valence-corrected chi connectivity index (χ0v) is 11.1. The average Bonchev–Trinajstić information content (AvgIpc) is 2.82. The van der Waals surface area contributed by atoms with Gasteiger partial charge in [-0.2, -0.15) is 0 Å². The van der Waals surface area contributed by atoms with Crippen molar-refractivity contribution in [3.05, 3.63) is 0 Å². The van der Waals surface area contributed by atoms with Gasteiger partial charge >= 0.3 is 0 Å². The maximum Gasteiger partial charge on any atom is 0.236 e. The predicted octanol–water partition coefficient (Wildman–Crippen LogP) is 0.446. The van der Waals surface area contributed by atoms with Crippen molar-refractivity contribution in [1.82, 2.24) is 9.80 Å². The Morgan fingerprint density at radius 2 is 1.83 bits per heavy atom. The van der Waals surface area contributed by atoms with Crippen molar-refractivity contribution in [2.45, 2.75) is 37.5 Å². The summed E-state index contributed by atoms with van der Waals surface area (Å²) in [7, 11) is 1.88. The quantitative estimate of drug-likeness (QED) is 0.681. The van der Waals surface area contributed by atoms with Crippen molar-refractivity contribution in [2.24, 2.45) is 0 Å². The van der Waals surface area contributed by atoms with Crippen LogP contribution >= 0.6 is 0 Å². The van der Waals surface area contributed by atoms with Gasteiger partial charge < -0.3 is 14.4 Å². The van der Waals surface area contributed by atoms with Gasteiger partial charge in [-0.05, 0) is 12.8 Å². The molecule has 0 aromatic rings. The van der Waals surface area contributed by atoms with Crippen LogP contribution in [0.25, 0.3) is 0 Å². The van der Waals surface area contributed by atoms with Gasteiger partial charge in [0.15, 0.2) is 5.79 Å². The molecular weight excluding hydrogens is 232 g/mol. The fourth-order valence-corrected chi connectivity index (χ4v) is 3.28. The molecule has 0 atom stereocenters. The van der Waals surface area contributed by atoms with Crippen LogP contribution in [0.5, 0.6) is 0 Å². The smallest absolute Gasteiger partial charge is 0.236 e. The number of hydrogen-bond donors (Lipinski definition) is 0. The molecule has 0 aromatic carbocycles. The first kappa shape index (κ1) is 12.4. The molecule has 1 spiro atoms. The topological polar surface area (TPSA) is 42.0 Å². The van der Waals surface area contributed by atoms with Gasteiger partial charge in [0.1, 0.15) is 0 Å². The van der Waals surface area contributed by atoms with Crippen LogP contribution in [-0.4, -0.2) is 67.4 Å². The van der Waals surface area contributed by atoms with E-state index >= 15 is 0 Å². The highest BCUT2D eigenvalue weighted by Gasteiger charge is 2.42. The fourth-order valence-electron chi connectivity index (χ4n) is 3.28. The van der Waals surface area contributed by atoms with Gasteiger partial charge in [0.05, 0.1) is 19.8 Å². The molecule has 0 bridgehead atoms. The molecule has 1 amide bonds. The predicted molar refractivity (Wildman–Crippen MR) is 66.1 cm³/mol. The molecule has 3 fully saturated rings. The van der Waals surface area contributed by atoms with Crippen molar-refractivity contribution >= 4 is 5.91 Å². The van der Waals surface area contributed by atoms with Crippen molar-refractivity contribution in [3.63, 3.8) is 0 Å². The lowest BCUT2D eigenvalue weighted by Crippen LogP contribution is -2.54. The van der Waals surface area contributed by atoms with Gasteiger partial charge in [-0.3, -0.25) is 9.69 Å². The molecule has 5 nitrogen and oxygen atoms in total. The fraction of sp³-hybridized carbons (Fsp3) is 0.923. The van der Waals surface area contributed by atoms with Gasteiger partial charge in [0.25, 0.3) is 0 Å². The van der Waals surface area contributed by atoms with E-state index in [0.29, 0.717) is 12.6 Å². The van der Waals surface area contributed by atoms with Crippen molar-refractivity contribution in [3.8, 4) is 0 Å². The van der Waals surface area contributed by atoms with E-state index in [1.165, 1.54) is 0 Å². The minimum atomic E-state index is -0.285. The number of amides is 1. The van der Waals surface area contributed by atoms with Crippen LogP contribution in [0, 0.1) is 0 Å². The maximum atomic E-state index is 11.7. The second-order valence-corrected chi connectivity index (χ2v) is 5.62. The Morgan fingerprint density at radius 3 is 2.44 bits per heavy atom. The highest BCUT2D eigenvalue weighted by molar-refractivity contribution is 5.78. The first-order chi connectivity index (χ1) is 8.69. The molecule has 0 radical (unpaired) electrons. The molecule has 1 saturated carbocycles. The zero-order valence-electron chi connectivity index (χ0n) is 11.1. The van der Waals surface area contributed by atoms with E-state index in [-0.39, 0.29) is 11.7 Å². The number of hydrogen-bond acceptors (Lipinski definition) is 4. The van der Waals surface area contributed by atoms with Crippen LogP contribution < -0.4 is 0 Å². The van der Waals surface area contributed by atoms with E-state index in [2.05, 4.69) is 4.90 Å². The summed E-state index contributed by atoms with van der Waals surface area (Å²) in [6, 6.07) is 0.529. The molecule has 3 aliphatic rings.